The molecular formula is C7H12N2O2. The van der Waals surface area contributed by atoms with Gasteiger partial charge in [-0.3, -0.25) is 0 Å². The average Bonchev–Trinajstić information content (AvgIpc) is 1.99. The summed E-state index contributed by atoms with van der Waals surface area (Å²) in [5.41, 5.74) is 5.28. The van der Waals surface area contributed by atoms with Gasteiger partial charge in [0.2, 0.25) is 0 Å². The second kappa shape index (κ2) is 6.90. The minimum Gasteiger partial charge on any atom is -0.396 e. The number of nitrogens with two attached hydrogens (primary N) is 1. The maximum atomic E-state index is 8.40. The number of aliphatic hydroxyl groups is 1. The van der Waals surface area contributed by atoms with Gasteiger partial charge in [0.05, 0.1) is 6.61 Å². The van der Waals surface area contributed by atoms with E-state index in [-0.39, 0.29) is 19.0 Å². The Labute approximate surface area is 66.0 Å². The molecule has 11 heavy (non-hydrogen) atoms. The predicted molar refractivity (Wildman–Crippen MR) is 42.7 cm³/mol. The molecule has 0 saturated carbocycles. The van der Waals surface area contributed by atoms with E-state index in [2.05, 4.69) is 21.8 Å². The Bertz CT molecular complexity index is 179. The molecule has 62 valence electrons. The molecule has 0 atom stereocenters. The zero-order valence-electron chi connectivity index (χ0n) is 6.50. The molecule has 0 spiro atoms. The van der Waals surface area contributed by atoms with Crippen LogP contribution >= 0.6 is 0 Å². The van der Waals surface area contributed by atoms with Crippen molar-refractivity contribution in [2.24, 2.45) is 10.9 Å². The first-order valence-corrected chi connectivity index (χ1v) is 3.26. The molecule has 4 heteroatoms. The molecule has 4 nitrogen and oxygen atoms in total. The van der Waals surface area contributed by atoms with Gasteiger partial charge in [-0.2, -0.15) is 0 Å². The normalized spacial score (nSPS) is 10.2. The summed E-state index contributed by atoms with van der Waals surface area (Å²) < 4.78 is 0. The number of amidine groups is 1. The highest BCUT2D eigenvalue weighted by Gasteiger charge is 1.88. The third-order valence-corrected chi connectivity index (χ3v) is 0.863. The van der Waals surface area contributed by atoms with Gasteiger partial charge in [-0.25, -0.2) is 0 Å². The van der Waals surface area contributed by atoms with Crippen molar-refractivity contribution in [3.8, 4) is 11.8 Å². The van der Waals surface area contributed by atoms with Crippen LogP contribution in [0.4, 0.5) is 0 Å². The summed E-state index contributed by atoms with van der Waals surface area (Å²) in [5, 5.41) is 11.9. The summed E-state index contributed by atoms with van der Waals surface area (Å²) in [6, 6.07) is 0. The fourth-order valence-corrected chi connectivity index (χ4v) is 0.380. The van der Waals surface area contributed by atoms with Gasteiger partial charge in [0.1, 0.15) is 5.84 Å². The van der Waals surface area contributed by atoms with Crippen LogP contribution in [0, 0.1) is 11.8 Å². The molecular weight excluding hydrogens is 144 g/mol. The lowest BCUT2D eigenvalue weighted by molar-refractivity contribution is 0.177. The molecule has 3 N–H and O–H groups in total. The molecule has 0 radical (unpaired) electrons. The van der Waals surface area contributed by atoms with E-state index >= 15 is 0 Å². The van der Waals surface area contributed by atoms with Crippen LogP contribution in [0.1, 0.15) is 13.3 Å². The lowest BCUT2D eigenvalue weighted by Crippen LogP contribution is -2.13. The van der Waals surface area contributed by atoms with E-state index in [9.17, 15) is 0 Å². The zero-order chi connectivity index (χ0) is 8.53. The minimum atomic E-state index is -0.0157. The van der Waals surface area contributed by atoms with Gasteiger partial charge >= 0.3 is 0 Å². The summed E-state index contributed by atoms with van der Waals surface area (Å²) in [6.45, 7) is 1.94. The molecule has 0 unspecified atom stereocenters. The standard InChI is InChI=1S/C7H12N2O2/c1-2-3-6-11-9-7(8)4-5-10/h10H,4-6H2,1H3,(H2,8,9). The van der Waals surface area contributed by atoms with E-state index in [1.54, 1.807) is 6.92 Å². The van der Waals surface area contributed by atoms with Crippen molar-refractivity contribution in [3.05, 3.63) is 0 Å². The first kappa shape index (κ1) is 9.79. The third-order valence-electron chi connectivity index (χ3n) is 0.863. The van der Waals surface area contributed by atoms with Gasteiger partial charge in [0.25, 0.3) is 0 Å². The van der Waals surface area contributed by atoms with Crippen LogP contribution in [0.5, 0.6) is 0 Å². The second-order valence-electron chi connectivity index (χ2n) is 1.76. The molecule has 0 aliphatic rings. The molecule has 0 aromatic carbocycles. The molecule has 0 bridgehead atoms. The molecule has 0 amide bonds. The van der Waals surface area contributed by atoms with Gasteiger partial charge in [-0.15, -0.1) is 5.92 Å². The van der Waals surface area contributed by atoms with Gasteiger partial charge in [-0.05, 0) is 6.92 Å². The van der Waals surface area contributed by atoms with E-state index in [4.69, 9.17) is 10.8 Å². The molecule has 0 fully saturated rings. The Balaban J connectivity index is 3.44. The number of rotatable bonds is 4. The quantitative estimate of drug-likeness (QED) is 0.193. The minimum absolute atomic E-state index is 0.0157. The Kier molecular flexibility index (Phi) is 6.14. The smallest absolute Gasteiger partial charge is 0.177 e. The van der Waals surface area contributed by atoms with E-state index < -0.39 is 0 Å². The topological polar surface area (TPSA) is 67.8 Å². The number of hydrogen-bond donors (Lipinski definition) is 2. The van der Waals surface area contributed by atoms with Crippen molar-refractivity contribution in [1.29, 1.82) is 0 Å². The van der Waals surface area contributed by atoms with Gasteiger partial charge in [-0.1, -0.05) is 11.1 Å². The van der Waals surface area contributed by atoms with E-state index in [1.807, 2.05) is 0 Å². The number of oxime groups is 1. The third kappa shape index (κ3) is 6.68. The Morgan fingerprint density at radius 1 is 1.73 bits per heavy atom. The Morgan fingerprint density at radius 3 is 3.00 bits per heavy atom. The van der Waals surface area contributed by atoms with Crippen molar-refractivity contribution in [2.45, 2.75) is 13.3 Å². The Hall–Kier alpha value is -1.21. The summed E-state index contributed by atoms with van der Waals surface area (Å²) in [4.78, 5) is 4.67. The van der Waals surface area contributed by atoms with E-state index in [0.29, 0.717) is 6.42 Å². The van der Waals surface area contributed by atoms with Gasteiger partial charge in [0, 0.05) is 6.42 Å². The van der Waals surface area contributed by atoms with Crippen LogP contribution < -0.4 is 5.73 Å². The highest BCUT2D eigenvalue weighted by molar-refractivity contribution is 5.79. The van der Waals surface area contributed by atoms with Crippen LogP contribution in [0.15, 0.2) is 5.16 Å². The molecule has 0 saturated heterocycles. The fourth-order valence-electron chi connectivity index (χ4n) is 0.380. The van der Waals surface area contributed by atoms with Crippen LogP contribution in [-0.2, 0) is 4.84 Å². The van der Waals surface area contributed by atoms with Crippen molar-refractivity contribution in [3.63, 3.8) is 0 Å². The average molecular weight is 156 g/mol. The summed E-state index contributed by atoms with van der Waals surface area (Å²) in [7, 11) is 0. The number of nitrogens with zero attached hydrogens (tertiary/aromatic N) is 1. The molecule has 0 rings (SSSR count). The summed E-state index contributed by atoms with van der Waals surface area (Å²) >= 11 is 0. The predicted octanol–water partition coefficient (Wildman–Crippen LogP) is -0.319. The molecule has 0 aromatic rings. The zero-order valence-corrected chi connectivity index (χ0v) is 6.50. The second-order valence-corrected chi connectivity index (χ2v) is 1.76. The summed E-state index contributed by atoms with van der Waals surface area (Å²) in [5.74, 6) is 5.57. The van der Waals surface area contributed by atoms with E-state index in [1.165, 1.54) is 0 Å². The highest BCUT2D eigenvalue weighted by atomic mass is 16.6. The van der Waals surface area contributed by atoms with Crippen LogP contribution in [0.3, 0.4) is 0 Å². The van der Waals surface area contributed by atoms with E-state index in [0.717, 1.165) is 0 Å². The first-order valence-electron chi connectivity index (χ1n) is 3.26. The first-order chi connectivity index (χ1) is 5.31. The van der Waals surface area contributed by atoms with Crippen molar-refractivity contribution in [1.82, 2.24) is 0 Å². The lowest BCUT2D eigenvalue weighted by atomic mass is 10.4. The Morgan fingerprint density at radius 2 is 2.45 bits per heavy atom. The lowest BCUT2D eigenvalue weighted by Gasteiger charge is -1.95. The number of hydrogen-bond acceptors (Lipinski definition) is 3. The largest absolute Gasteiger partial charge is 0.396 e. The summed E-state index contributed by atoms with van der Waals surface area (Å²) in [6.07, 6.45) is 0.333. The monoisotopic (exact) mass is 156 g/mol. The molecule has 0 aliphatic carbocycles. The van der Waals surface area contributed by atoms with Gasteiger partial charge in [0.15, 0.2) is 6.61 Å². The molecule has 0 aromatic heterocycles. The van der Waals surface area contributed by atoms with Crippen molar-refractivity contribution < 1.29 is 9.94 Å². The maximum Gasteiger partial charge on any atom is 0.177 e. The molecule has 0 heterocycles. The fraction of sp³-hybridized carbons (Fsp3) is 0.571. The van der Waals surface area contributed by atoms with Crippen LogP contribution in [0.25, 0.3) is 0 Å². The van der Waals surface area contributed by atoms with Crippen molar-refractivity contribution in [2.75, 3.05) is 13.2 Å². The number of aliphatic hydroxyl groups excluding tert-OH is 1. The van der Waals surface area contributed by atoms with Crippen LogP contribution in [-0.4, -0.2) is 24.2 Å². The highest BCUT2D eigenvalue weighted by Crippen LogP contribution is 1.80. The molecule has 0 aliphatic heterocycles. The van der Waals surface area contributed by atoms with Crippen LogP contribution in [0.2, 0.25) is 0 Å². The SMILES string of the molecule is CC#CCO/N=C(\N)CCO. The maximum absolute atomic E-state index is 8.40. The van der Waals surface area contributed by atoms with Gasteiger partial charge < -0.3 is 15.7 Å². The van der Waals surface area contributed by atoms with Crippen molar-refractivity contribution >= 4 is 5.84 Å².